The molecule has 0 fully saturated rings. The van der Waals surface area contributed by atoms with E-state index in [9.17, 15) is 4.79 Å². The summed E-state index contributed by atoms with van der Waals surface area (Å²) in [5, 5.41) is 8.04. The zero-order chi connectivity index (χ0) is 14.9. The second-order valence-corrected chi connectivity index (χ2v) is 5.33. The lowest BCUT2D eigenvalue weighted by Gasteiger charge is -2.13. The topological polar surface area (TPSA) is 85.8 Å². The number of rotatable bonds is 4. The van der Waals surface area contributed by atoms with Gasteiger partial charge in [-0.15, -0.1) is 0 Å². The van der Waals surface area contributed by atoms with Gasteiger partial charge in [-0.05, 0) is 33.8 Å². The Kier molecular flexibility index (Phi) is 4.04. The van der Waals surface area contributed by atoms with Crippen LogP contribution in [0, 0.1) is 6.92 Å². The van der Waals surface area contributed by atoms with Crippen LogP contribution in [-0.4, -0.2) is 33.3 Å². The van der Waals surface area contributed by atoms with Crippen LogP contribution in [0.3, 0.4) is 0 Å². The van der Waals surface area contributed by atoms with Gasteiger partial charge in [0.25, 0.3) is 5.91 Å². The van der Waals surface area contributed by atoms with Crippen LogP contribution in [0.2, 0.25) is 0 Å². The fourth-order valence-electron chi connectivity index (χ4n) is 2.03. The van der Waals surface area contributed by atoms with E-state index < -0.39 is 0 Å². The number of carbonyl (C=O) groups excluding carboxylic acids is 1. The number of nitrogens with one attached hydrogen (secondary N) is 1. The number of pyridine rings is 1. The van der Waals surface area contributed by atoms with Crippen LogP contribution >= 0.6 is 0 Å². The zero-order valence-corrected chi connectivity index (χ0v) is 12.3. The predicted octanol–water partition coefficient (Wildman–Crippen LogP) is 1.40. The summed E-state index contributed by atoms with van der Waals surface area (Å²) in [6, 6.07) is 2.01. The maximum Gasteiger partial charge on any atom is 0.253 e. The molecule has 1 atom stereocenters. The Hall–Kier alpha value is -1.95. The molecule has 2 rings (SSSR count). The lowest BCUT2D eigenvalue weighted by Crippen LogP contribution is -2.38. The van der Waals surface area contributed by atoms with Crippen molar-refractivity contribution in [1.82, 2.24) is 20.1 Å². The number of aryl methyl sites for hydroxylation is 1. The number of hydrogen-bond acceptors (Lipinski definition) is 4. The highest BCUT2D eigenvalue weighted by molar-refractivity contribution is 5.98. The predicted molar refractivity (Wildman–Crippen MR) is 78.6 cm³/mol. The molecule has 20 heavy (non-hydrogen) atoms. The average Bonchev–Trinajstić information content (AvgIpc) is 2.80. The largest absolute Gasteiger partial charge is 0.348 e. The number of amides is 1. The molecule has 2 heterocycles. The minimum atomic E-state index is -0.146. The molecule has 2 aromatic heterocycles. The van der Waals surface area contributed by atoms with Gasteiger partial charge in [0, 0.05) is 24.0 Å². The second-order valence-electron chi connectivity index (χ2n) is 5.33. The smallest absolute Gasteiger partial charge is 0.253 e. The average molecular weight is 275 g/mol. The van der Waals surface area contributed by atoms with Gasteiger partial charge in [-0.2, -0.15) is 5.10 Å². The summed E-state index contributed by atoms with van der Waals surface area (Å²) < 4.78 is 1.85. The van der Waals surface area contributed by atoms with Crippen molar-refractivity contribution < 1.29 is 4.79 Å². The fraction of sp³-hybridized carbons (Fsp3) is 0.500. The third kappa shape index (κ3) is 2.65. The first kappa shape index (κ1) is 14.5. The van der Waals surface area contributed by atoms with E-state index in [0.29, 0.717) is 17.8 Å². The van der Waals surface area contributed by atoms with Crippen molar-refractivity contribution in [3.05, 3.63) is 23.5 Å². The molecule has 6 nitrogen and oxygen atoms in total. The Morgan fingerprint density at radius 2 is 2.15 bits per heavy atom. The highest BCUT2D eigenvalue weighted by atomic mass is 16.1. The van der Waals surface area contributed by atoms with E-state index in [4.69, 9.17) is 5.73 Å². The van der Waals surface area contributed by atoms with Crippen molar-refractivity contribution in [2.24, 2.45) is 5.73 Å². The molecule has 0 aliphatic heterocycles. The van der Waals surface area contributed by atoms with Crippen LogP contribution < -0.4 is 11.1 Å². The van der Waals surface area contributed by atoms with E-state index in [1.54, 1.807) is 6.20 Å². The molecule has 0 spiro atoms. The van der Waals surface area contributed by atoms with Gasteiger partial charge in [-0.1, -0.05) is 0 Å². The van der Waals surface area contributed by atoms with Crippen LogP contribution in [0.4, 0.5) is 0 Å². The Morgan fingerprint density at radius 3 is 2.75 bits per heavy atom. The second kappa shape index (κ2) is 5.58. The van der Waals surface area contributed by atoms with Gasteiger partial charge >= 0.3 is 0 Å². The summed E-state index contributed by atoms with van der Waals surface area (Å²) in [6.07, 6.45) is 1.74. The van der Waals surface area contributed by atoms with E-state index in [0.717, 1.165) is 11.0 Å². The molecule has 6 heteroatoms. The highest BCUT2D eigenvalue weighted by Gasteiger charge is 2.16. The summed E-state index contributed by atoms with van der Waals surface area (Å²) in [5.41, 5.74) is 7.59. The molecule has 108 valence electrons. The van der Waals surface area contributed by atoms with Crippen molar-refractivity contribution in [3.63, 3.8) is 0 Å². The molecular formula is C14H21N5O. The molecule has 0 radical (unpaired) electrons. The summed E-state index contributed by atoms with van der Waals surface area (Å²) in [7, 11) is 0. The molecule has 0 unspecified atom stereocenters. The maximum absolute atomic E-state index is 12.2. The van der Waals surface area contributed by atoms with Gasteiger partial charge in [0.05, 0.1) is 17.5 Å². The minimum absolute atomic E-state index is 0.0593. The Labute approximate surface area is 118 Å². The van der Waals surface area contributed by atoms with E-state index in [-0.39, 0.29) is 18.0 Å². The Morgan fingerprint density at radius 1 is 1.45 bits per heavy atom. The van der Waals surface area contributed by atoms with Gasteiger partial charge in [-0.3, -0.25) is 4.79 Å². The lowest BCUT2D eigenvalue weighted by atomic mass is 10.1. The molecule has 1 amide bonds. The molecule has 0 bridgehead atoms. The SMILES string of the molecule is Cc1nc2c(cnn2C(C)C)cc1C(=O)N[C@@H](C)CN. The molecule has 0 saturated carbocycles. The van der Waals surface area contributed by atoms with Crippen LogP contribution in [0.15, 0.2) is 12.3 Å². The number of fused-ring (bicyclic) bond motifs is 1. The highest BCUT2D eigenvalue weighted by Crippen LogP contribution is 2.19. The van der Waals surface area contributed by atoms with E-state index in [1.807, 2.05) is 38.4 Å². The molecule has 0 aliphatic carbocycles. The summed E-state index contributed by atoms with van der Waals surface area (Å²) >= 11 is 0. The zero-order valence-electron chi connectivity index (χ0n) is 12.3. The summed E-state index contributed by atoms with van der Waals surface area (Å²) in [5.74, 6) is -0.146. The molecule has 0 aromatic carbocycles. The first-order valence-electron chi connectivity index (χ1n) is 6.79. The normalized spacial score (nSPS) is 12.9. The van der Waals surface area contributed by atoms with Crippen LogP contribution in [-0.2, 0) is 0 Å². The Bertz CT molecular complexity index is 632. The van der Waals surface area contributed by atoms with E-state index in [2.05, 4.69) is 15.4 Å². The minimum Gasteiger partial charge on any atom is -0.348 e. The van der Waals surface area contributed by atoms with Gasteiger partial charge in [0.2, 0.25) is 0 Å². The van der Waals surface area contributed by atoms with Gasteiger partial charge < -0.3 is 11.1 Å². The van der Waals surface area contributed by atoms with Crippen molar-refractivity contribution >= 4 is 16.9 Å². The number of aromatic nitrogens is 3. The standard InChI is InChI=1S/C14H21N5O/c1-8(2)19-13-11(7-16-19)5-12(10(4)18-13)14(20)17-9(3)6-15/h5,7-9H,6,15H2,1-4H3,(H,17,20)/t9-/m0/s1. The van der Waals surface area contributed by atoms with Crippen LogP contribution in [0.5, 0.6) is 0 Å². The summed E-state index contributed by atoms with van der Waals surface area (Å²) in [4.78, 5) is 16.7. The quantitative estimate of drug-likeness (QED) is 0.883. The van der Waals surface area contributed by atoms with Gasteiger partial charge in [-0.25, -0.2) is 9.67 Å². The van der Waals surface area contributed by atoms with Crippen molar-refractivity contribution in [1.29, 1.82) is 0 Å². The first-order chi connectivity index (χ1) is 9.43. The van der Waals surface area contributed by atoms with E-state index >= 15 is 0 Å². The van der Waals surface area contributed by atoms with Crippen LogP contribution in [0.25, 0.3) is 11.0 Å². The lowest BCUT2D eigenvalue weighted by molar-refractivity contribution is 0.0940. The van der Waals surface area contributed by atoms with Crippen LogP contribution in [0.1, 0.15) is 42.9 Å². The molecule has 0 aliphatic rings. The fourth-order valence-corrected chi connectivity index (χ4v) is 2.03. The number of hydrogen-bond donors (Lipinski definition) is 2. The monoisotopic (exact) mass is 275 g/mol. The van der Waals surface area contributed by atoms with Crippen molar-refractivity contribution in [2.45, 2.75) is 39.8 Å². The van der Waals surface area contributed by atoms with Gasteiger partial charge in [0.1, 0.15) is 0 Å². The third-order valence-corrected chi connectivity index (χ3v) is 3.22. The van der Waals surface area contributed by atoms with E-state index in [1.165, 1.54) is 0 Å². The molecule has 3 N–H and O–H groups in total. The van der Waals surface area contributed by atoms with Crippen molar-refractivity contribution in [3.8, 4) is 0 Å². The third-order valence-electron chi connectivity index (χ3n) is 3.22. The van der Waals surface area contributed by atoms with Crippen molar-refractivity contribution in [2.75, 3.05) is 6.54 Å². The molecule has 0 saturated heterocycles. The maximum atomic E-state index is 12.2. The first-order valence-corrected chi connectivity index (χ1v) is 6.79. The van der Waals surface area contributed by atoms with Gasteiger partial charge in [0.15, 0.2) is 5.65 Å². The molecule has 2 aromatic rings. The Balaban J connectivity index is 2.41. The number of nitrogens with zero attached hydrogens (tertiary/aromatic N) is 3. The molecular weight excluding hydrogens is 254 g/mol. The number of nitrogens with two attached hydrogens (primary N) is 1. The summed E-state index contributed by atoms with van der Waals surface area (Å²) in [6.45, 7) is 8.21. The number of carbonyl (C=O) groups is 1.